The van der Waals surface area contributed by atoms with E-state index >= 15 is 0 Å². The molecule has 0 amide bonds. The number of hydrogen-bond donors (Lipinski definition) is 12. The van der Waals surface area contributed by atoms with Crippen LogP contribution in [-0.2, 0) is 85.3 Å². The summed E-state index contributed by atoms with van der Waals surface area (Å²) in [5.74, 6) is 0. The average molecular weight is 1060 g/mol. The first-order valence-electron chi connectivity index (χ1n) is 23.4. The molecule has 0 aliphatic carbocycles. The lowest BCUT2D eigenvalue weighted by Gasteiger charge is -2.52. The monoisotopic (exact) mass is 1060 g/mol. The van der Waals surface area contributed by atoms with Crippen molar-refractivity contribution in [2.75, 3.05) is 82.3 Å². The van der Waals surface area contributed by atoms with Gasteiger partial charge in [-0.15, -0.1) is 0 Å². The van der Waals surface area contributed by atoms with Crippen LogP contribution in [0, 0.1) is 0 Å². The molecule has 16 saturated heterocycles. The molecule has 0 aromatic rings. The second-order valence-corrected chi connectivity index (χ2v) is 18.1. The highest BCUT2D eigenvalue weighted by molar-refractivity contribution is 5.02. The van der Waals surface area contributed by atoms with Gasteiger partial charge in [-0.2, -0.15) is 0 Å². The molecule has 0 spiro atoms. The summed E-state index contributed by atoms with van der Waals surface area (Å²) >= 11 is 0. The topological polar surface area (TPSA) is 409 Å². The van der Waals surface area contributed by atoms with Crippen LogP contribution in [0.3, 0.4) is 0 Å². The molecule has 30 nitrogen and oxygen atoms in total. The summed E-state index contributed by atoms with van der Waals surface area (Å²) in [6, 6.07) is 0. The van der Waals surface area contributed by atoms with E-state index < -0.39 is 224 Å². The fourth-order valence-electron chi connectivity index (χ4n) is 10.3. The molecule has 16 rings (SSSR count). The van der Waals surface area contributed by atoms with Gasteiger partial charge in [0.1, 0.15) is 146 Å². The van der Waals surface area contributed by atoms with Gasteiger partial charge in [0, 0.05) is 42.7 Å². The van der Waals surface area contributed by atoms with E-state index in [1.165, 1.54) is 42.7 Å². The molecule has 30 heteroatoms. The van der Waals surface area contributed by atoms with Crippen molar-refractivity contribution in [3.8, 4) is 0 Å². The maximum absolute atomic E-state index is 11.8. The average Bonchev–Trinajstić information content (AvgIpc) is 3.37. The van der Waals surface area contributed by atoms with Gasteiger partial charge in [0.2, 0.25) is 0 Å². The molecule has 0 aromatic carbocycles. The van der Waals surface area contributed by atoms with Crippen molar-refractivity contribution in [3.63, 3.8) is 0 Å². The first-order chi connectivity index (χ1) is 34.6. The summed E-state index contributed by atoms with van der Waals surface area (Å²) < 4.78 is 107. The normalized spacial score (nSPS) is 51.8. The Morgan fingerprint density at radius 3 is 0.458 bits per heavy atom. The van der Waals surface area contributed by atoms with Crippen molar-refractivity contribution in [3.05, 3.63) is 0 Å². The van der Waals surface area contributed by atoms with Crippen LogP contribution in [0.4, 0.5) is 0 Å². The van der Waals surface area contributed by atoms with Crippen LogP contribution in [0.25, 0.3) is 0 Å². The lowest BCUT2D eigenvalue weighted by molar-refractivity contribution is -0.406. The van der Waals surface area contributed by atoms with Crippen LogP contribution in [0.5, 0.6) is 0 Å². The summed E-state index contributed by atoms with van der Waals surface area (Å²) in [7, 11) is 7.11. The maximum Gasteiger partial charge on any atom is 0.187 e. The van der Waals surface area contributed by atoms with Gasteiger partial charge in [-0.25, -0.2) is 0 Å². The highest BCUT2D eigenvalue weighted by Gasteiger charge is 2.59. The SMILES string of the molecule is CO[C@H]1[C@H]2O[C@H]3[C@H](O)[C@@H](OC)[C@@H](O[C@H]4[C@H](O)[C@@H](OC)[C@@H](O[C@H]5[C@H](O)[C@@H](OC)[C@@H](O[C@H]6[C@H](O)[C@@H](OC)[C@@H](O[C@H]7[C@H](O)[C@@H](OC)[C@@H](O[C@@H]([C@@H]1O)[C@@H](CO)O2)O[C@@H]7CO)O[C@@H]6CO)O[C@@H]5CO)O[C@@H]4CO)O[C@@H]3CO. The number of methoxy groups -OCH3 is 6. The van der Waals surface area contributed by atoms with E-state index in [4.69, 9.17) is 85.3 Å². The molecule has 72 heavy (non-hydrogen) atoms. The van der Waals surface area contributed by atoms with E-state index in [0.29, 0.717) is 0 Å². The minimum atomic E-state index is -1.75. The van der Waals surface area contributed by atoms with E-state index in [1.54, 1.807) is 0 Å². The molecule has 16 heterocycles. The summed E-state index contributed by atoms with van der Waals surface area (Å²) in [5, 5.41) is 134. The van der Waals surface area contributed by atoms with Gasteiger partial charge in [-0.05, 0) is 0 Å². The van der Waals surface area contributed by atoms with Crippen molar-refractivity contribution in [2.45, 2.75) is 184 Å². The summed E-state index contributed by atoms with van der Waals surface area (Å²) in [4.78, 5) is 0. The smallest absolute Gasteiger partial charge is 0.187 e. The second-order valence-electron chi connectivity index (χ2n) is 18.1. The van der Waals surface area contributed by atoms with Gasteiger partial charge >= 0.3 is 0 Å². The van der Waals surface area contributed by atoms with Crippen molar-refractivity contribution < 1.29 is 147 Å². The van der Waals surface area contributed by atoms with Crippen LogP contribution in [-0.4, -0.2) is 328 Å². The van der Waals surface area contributed by atoms with Gasteiger partial charge < -0.3 is 147 Å². The lowest BCUT2D eigenvalue weighted by atomic mass is 9.94. The molecule has 0 aromatic heterocycles. The maximum atomic E-state index is 11.8. The molecule has 12 N–H and O–H groups in total. The minimum absolute atomic E-state index is 0.839. The first-order valence-corrected chi connectivity index (χ1v) is 23.4. The Bertz CT molecular complexity index is 1330. The van der Waals surface area contributed by atoms with Gasteiger partial charge in [0.05, 0.1) is 39.6 Å². The van der Waals surface area contributed by atoms with Crippen molar-refractivity contribution in [1.29, 1.82) is 0 Å². The molecule has 16 aliphatic rings. The molecule has 16 fully saturated rings. The standard InChI is InChI=1S/C42H72O30/c1-55-31-19(49)25-13(7-43)61-37(31)67-26-14(8-44)62-39(32(56-2)20(26)50)69-28-16(10-46)64-41(34(58-4)22(28)52)71-30-18(12-48)66-42(36(60-6)24(30)54)72-29-17(11-47)65-40(35(59-5)23(29)53)70-27-15(9-45)63-38(68-25)33(57-3)21(27)51/h13-54H,7-12H2,1-6H3/t13-,14-,15-,16-,17-,18-,19+,20+,21+,22+,23+,24+,25-,26-,27-,28-,29-,30-,31-,32-,33-,34-,35-,36-,37-,38-,39-,40-,41-,42-/m1/s1. The third kappa shape index (κ3) is 11.4. The largest absolute Gasteiger partial charge is 0.394 e. The molecule has 0 unspecified atom stereocenters. The molecule has 420 valence electrons. The quantitative estimate of drug-likeness (QED) is 0.0863. The highest BCUT2D eigenvalue weighted by Crippen LogP contribution is 2.40. The minimum Gasteiger partial charge on any atom is -0.394 e. The zero-order valence-electron chi connectivity index (χ0n) is 40.3. The number of aliphatic hydroxyl groups is 12. The van der Waals surface area contributed by atoms with Crippen molar-refractivity contribution in [2.24, 2.45) is 0 Å². The van der Waals surface area contributed by atoms with E-state index in [0.717, 1.165) is 0 Å². The number of hydrogen-bond acceptors (Lipinski definition) is 30. The summed E-state index contributed by atoms with van der Waals surface area (Å²) in [6.45, 7) is -5.03. The summed E-state index contributed by atoms with van der Waals surface area (Å²) in [5.41, 5.74) is 0. The van der Waals surface area contributed by atoms with Crippen LogP contribution in [0.1, 0.15) is 0 Å². The van der Waals surface area contributed by atoms with Crippen molar-refractivity contribution in [1.82, 2.24) is 0 Å². The Kier molecular flexibility index (Phi) is 21.1. The van der Waals surface area contributed by atoms with E-state index in [-0.39, 0.29) is 0 Å². The van der Waals surface area contributed by atoms with E-state index in [9.17, 15) is 61.3 Å². The molecule has 0 saturated carbocycles. The van der Waals surface area contributed by atoms with Crippen LogP contribution in [0.15, 0.2) is 0 Å². The fourth-order valence-corrected chi connectivity index (χ4v) is 10.3. The number of aliphatic hydroxyl groups excluding tert-OH is 12. The Balaban J connectivity index is 1.25. The Hall–Kier alpha value is -1.20. The highest BCUT2D eigenvalue weighted by atomic mass is 16.8. The van der Waals surface area contributed by atoms with E-state index in [2.05, 4.69) is 0 Å². The molecular weight excluding hydrogens is 984 g/mol. The molecule has 12 bridgehead atoms. The number of ether oxygens (including phenoxy) is 18. The predicted molar refractivity (Wildman–Crippen MR) is 225 cm³/mol. The first kappa shape index (κ1) is 58.5. The van der Waals surface area contributed by atoms with Gasteiger partial charge in [-0.1, -0.05) is 0 Å². The van der Waals surface area contributed by atoms with E-state index in [1.807, 2.05) is 0 Å². The third-order valence-corrected chi connectivity index (χ3v) is 14.2. The second kappa shape index (κ2) is 26.0. The van der Waals surface area contributed by atoms with Gasteiger partial charge in [-0.3, -0.25) is 0 Å². The predicted octanol–water partition coefficient (Wildman–Crippen LogP) is -9.13. The summed E-state index contributed by atoms with van der Waals surface area (Å²) in [6.07, 6.45) is -47.3. The zero-order chi connectivity index (χ0) is 52.3. The fraction of sp³-hybridized carbons (Fsp3) is 1.00. The van der Waals surface area contributed by atoms with Crippen LogP contribution < -0.4 is 0 Å². The van der Waals surface area contributed by atoms with Crippen molar-refractivity contribution >= 4 is 0 Å². The number of rotatable bonds is 12. The Morgan fingerprint density at radius 2 is 0.361 bits per heavy atom. The van der Waals surface area contributed by atoms with Crippen LogP contribution >= 0.6 is 0 Å². The zero-order valence-corrected chi connectivity index (χ0v) is 40.3. The molecule has 0 radical (unpaired) electrons. The van der Waals surface area contributed by atoms with Gasteiger partial charge in [0.15, 0.2) is 37.7 Å². The Morgan fingerprint density at radius 1 is 0.236 bits per heavy atom. The Labute approximate surface area is 412 Å². The third-order valence-electron chi connectivity index (χ3n) is 14.2. The molecular formula is C42H72O30. The molecule has 16 aliphatic heterocycles. The van der Waals surface area contributed by atoms with Gasteiger partial charge in [0.25, 0.3) is 0 Å². The lowest BCUT2D eigenvalue weighted by Crippen LogP contribution is -2.69. The van der Waals surface area contributed by atoms with Crippen LogP contribution in [0.2, 0.25) is 0 Å². The molecule has 30 atom stereocenters.